The van der Waals surface area contributed by atoms with Crippen LogP contribution in [-0.4, -0.2) is 11.3 Å². The van der Waals surface area contributed by atoms with Crippen LogP contribution in [0.1, 0.15) is 67.3 Å². The van der Waals surface area contributed by atoms with E-state index in [1.807, 2.05) is 11.3 Å². The summed E-state index contributed by atoms with van der Waals surface area (Å²) in [5.74, 6) is 0.634. The van der Waals surface area contributed by atoms with Crippen LogP contribution in [0.2, 0.25) is 0 Å². The van der Waals surface area contributed by atoms with Gasteiger partial charge in [-0.15, -0.1) is 18.2 Å². The summed E-state index contributed by atoms with van der Waals surface area (Å²) in [6.45, 7) is 18.2. The number of nitrogens with zero attached hydrogens (tertiary/aromatic N) is 1. The maximum Gasteiger partial charge on any atom is 0.197 e. The molecule has 33 heavy (non-hydrogen) atoms. The molecule has 1 aliphatic rings. The van der Waals surface area contributed by atoms with Gasteiger partial charge < -0.3 is 0 Å². The largest absolute Gasteiger partial charge is 0.257 e. The number of benzene rings is 3. The van der Waals surface area contributed by atoms with Crippen LogP contribution in [0, 0.1) is 18.9 Å². The number of hydrogen-bond donors (Lipinski definition) is 0. The van der Waals surface area contributed by atoms with Gasteiger partial charge in [0, 0.05) is 0 Å². The molecule has 1 aliphatic heterocycles. The molecule has 0 fully saturated rings. The zero-order valence-corrected chi connectivity index (χ0v) is 21.4. The standard InChI is InChI=1S/C31H33NS/c1-19(2)17-21-11-10-14-24-25-15-16-32(7)28(30(25)33-29(21)24)26-18-27(31(4,5)6)23-13-9-8-12-22(23)20(26)3/h8-16,18-19H,7,17H2,1-6H3. The highest BCUT2D eigenvalue weighted by Crippen LogP contribution is 2.46. The Morgan fingerprint density at radius 3 is 2.45 bits per heavy atom. The minimum absolute atomic E-state index is 0.0482. The van der Waals surface area contributed by atoms with E-state index < -0.39 is 0 Å². The highest BCUT2D eigenvalue weighted by molar-refractivity contribution is 7.20. The molecule has 0 saturated heterocycles. The number of aryl methyl sites for hydroxylation is 1. The number of rotatable bonds is 3. The Bertz CT molecular complexity index is 1430. The second-order valence-electron chi connectivity index (χ2n) is 10.8. The van der Waals surface area contributed by atoms with Crippen molar-refractivity contribution in [2.75, 3.05) is 0 Å². The minimum Gasteiger partial charge on any atom is -0.257 e. The smallest absolute Gasteiger partial charge is 0.197 e. The molecule has 0 amide bonds. The topological polar surface area (TPSA) is 3.01 Å². The quantitative estimate of drug-likeness (QED) is 0.167. The molecule has 2 heteroatoms. The monoisotopic (exact) mass is 451 g/mol. The van der Waals surface area contributed by atoms with Crippen LogP contribution < -0.4 is 0 Å². The molecule has 0 unspecified atom stereocenters. The first-order chi connectivity index (χ1) is 15.7. The van der Waals surface area contributed by atoms with Gasteiger partial charge in [-0.2, -0.15) is 0 Å². The lowest BCUT2D eigenvalue weighted by Crippen LogP contribution is -2.20. The third kappa shape index (κ3) is 3.61. The van der Waals surface area contributed by atoms with Gasteiger partial charge in [-0.1, -0.05) is 88.4 Å². The molecule has 0 atom stereocenters. The van der Waals surface area contributed by atoms with E-state index in [4.69, 9.17) is 0 Å². The fourth-order valence-electron chi connectivity index (χ4n) is 5.17. The maximum absolute atomic E-state index is 4.42. The van der Waals surface area contributed by atoms with E-state index in [9.17, 15) is 0 Å². The van der Waals surface area contributed by atoms with Crippen molar-refractivity contribution in [3.05, 3.63) is 93.5 Å². The van der Waals surface area contributed by atoms with Crippen molar-refractivity contribution in [3.63, 3.8) is 0 Å². The van der Waals surface area contributed by atoms with Gasteiger partial charge in [0.05, 0.1) is 6.72 Å². The lowest BCUT2D eigenvalue weighted by Gasteiger charge is -2.28. The summed E-state index contributed by atoms with van der Waals surface area (Å²) < 4.78 is 3.49. The van der Waals surface area contributed by atoms with Gasteiger partial charge in [0.2, 0.25) is 0 Å². The SMILES string of the molecule is C=[N+]1C=Cc2c([s+][c-]3c(CC(C)C)cccc23)[C-]1c1cc(C(C)(C)C)c2ccccc2c1C. The normalized spacial score (nSPS) is 14.0. The van der Waals surface area contributed by atoms with Gasteiger partial charge in [0.1, 0.15) is 17.5 Å². The molecule has 0 spiro atoms. The van der Waals surface area contributed by atoms with E-state index >= 15 is 0 Å². The molecule has 0 N–H and O–H groups in total. The third-order valence-corrected chi connectivity index (χ3v) is 8.07. The summed E-state index contributed by atoms with van der Waals surface area (Å²) >= 11 is 1.93. The van der Waals surface area contributed by atoms with Gasteiger partial charge >= 0.3 is 0 Å². The van der Waals surface area contributed by atoms with Gasteiger partial charge in [-0.25, -0.2) is 0 Å². The summed E-state index contributed by atoms with van der Waals surface area (Å²) in [4.78, 5) is 1.33. The van der Waals surface area contributed by atoms with Crippen molar-refractivity contribution in [2.24, 2.45) is 5.92 Å². The predicted octanol–water partition coefficient (Wildman–Crippen LogP) is 8.48. The summed E-state index contributed by atoms with van der Waals surface area (Å²) in [5.41, 5.74) is 6.83. The summed E-state index contributed by atoms with van der Waals surface area (Å²) in [7, 11) is 0. The van der Waals surface area contributed by atoms with Gasteiger partial charge in [0.25, 0.3) is 0 Å². The predicted molar refractivity (Wildman–Crippen MR) is 146 cm³/mol. The summed E-state index contributed by atoms with van der Waals surface area (Å²) in [5, 5.41) is 4.05. The van der Waals surface area contributed by atoms with Crippen LogP contribution in [-0.2, 0) is 11.8 Å². The molecule has 4 aromatic rings. The lowest BCUT2D eigenvalue weighted by molar-refractivity contribution is -0.417. The van der Waals surface area contributed by atoms with E-state index in [2.05, 4.69) is 114 Å². The zero-order chi connectivity index (χ0) is 23.5. The molecule has 0 saturated carbocycles. The Hall–Kier alpha value is -2.84. The molecule has 5 rings (SSSR count). The van der Waals surface area contributed by atoms with E-state index in [1.54, 1.807) is 0 Å². The Labute approximate surface area is 202 Å². The average molecular weight is 452 g/mol. The Balaban J connectivity index is 1.79. The molecular weight excluding hydrogens is 418 g/mol. The lowest BCUT2D eigenvalue weighted by atomic mass is 9.79. The molecule has 0 aliphatic carbocycles. The molecule has 1 aromatic heterocycles. The molecule has 3 aromatic carbocycles. The number of thiophene rings is 1. The van der Waals surface area contributed by atoms with E-state index in [0.717, 1.165) is 6.42 Å². The Morgan fingerprint density at radius 2 is 1.76 bits per heavy atom. The Kier molecular flexibility index (Phi) is 5.25. The minimum atomic E-state index is 0.0482. The van der Waals surface area contributed by atoms with Crippen LogP contribution in [0.15, 0.2) is 54.7 Å². The van der Waals surface area contributed by atoms with Crippen LogP contribution in [0.25, 0.3) is 26.9 Å². The number of hydrogen-bond acceptors (Lipinski definition) is 0. The fraction of sp³-hybridized carbons (Fsp3) is 0.290. The first-order valence-corrected chi connectivity index (χ1v) is 12.7. The van der Waals surface area contributed by atoms with Crippen LogP contribution in [0.3, 0.4) is 0 Å². The first kappa shape index (κ1) is 22.0. The van der Waals surface area contributed by atoms with Crippen molar-refractivity contribution >= 4 is 45.0 Å². The first-order valence-electron chi connectivity index (χ1n) is 11.9. The van der Waals surface area contributed by atoms with Crippen molar-refractivity contribution in [3.8, 4) is 0 Å². The second kappa shape index (κ2) is 7.88. The molecule has 2 heterocycles. The van der Waals surface area contributed by atoms with Gasteiger partial charge in [-0.3, -0.25) is 4.58 Å². The molecule has 168 valence electrons. The Morgan fingerprint density at radius 1 is 1.03 bits per heavy atom. The highest BCUT2D eigenvalue weighted by Gasteiger charge is 2.34. The van der Waals surface area contributed by atoms with Crippen molar-refractivity contribution < 1.29 is 4.58 Å². The van der Waals surface area contributed by atoms with Crippen LogP contribution >= 0.6 is 11.3 Å². The third-order valence-electron chi connectivity index (χ3n) is 6.76. The second-order valence-corrected chi connectivity index (χ2v) is 11.8. The van der Waals surface area contributed by atoms with E-state index in [1.165, 1.54) is 59.6 Å². The molecule has 0 bridgehead atoms. The molecular formula is C31H33NS. The van der Waals surface area contributed by atoms with E-state index in [0.29, 0.717) is 5.92 Å². The summed E-state index contributed by atoms with van der Waals surface area (Å²) in [6, 6.07) is 19.3. The van der Waals surface area contributed by atoms with Crippen LogP contribution in [0.5, 0.6) is 0 Å². The highest BCUT2D eigenvalue weighted by atomic mass is 32.1. The van der Waals surface area contributed by atoms with Crippen LogP contribution in [0.4, 0.5) is 0 Å². The van der Waals surface area contributed by atoms with Crippen molar-refractivity contribution in [1.82, 2.24) is 0 Å². The summed E-state index contributed by atoms with van der Waals surface area (Å²) in [6.07, 6.45) is 5.47. The van der Waals surface area contributed by atoms with Gasteiger partial charge in [0.15, 0.2) is 15.6 Å². The van der Waals surface area contributed by atoms with Crippen molar-refractivity contribution in [2.45, 2.75) is 53.4 Å². The molecule has 0 radical (unpaired) electrons. The maximum atomic E-state index is 4.42. The fourth-order valence-corrected chi connectivity index (χ4v) is 6.56. The number of fused-ring (bicyclic) bond motifs is 4. The average Bonchev–Trinajstić information content (AvgIpc) is 3.13. The molecule has 1 nitrogen and oxygen atoms in total. The van der Waals surface area contributed by atoms with Gasteiger partial charge in [-0.05, 0) is 51.3 Å². The van der Waals surface area contributed by atoms with E-state index in [-0.39, 0.29) is 5.41 Å². The van der Waals surface area contributed by atoms with Crippen molar-refractivity contribution in [1.29, 1.82) is 0 Å². The zero-order valence-electron chi connectivity index (χ0n) is 20.6.